The van der Waals surface area contributed by atoms with E-state index in [1.165, 1.54) is 4.57 Å². The fourth-order valence-electron chi connectivity index (χ4n) is 1.46. The van der Waals surface area contributed by atoms with E-state index in [1.54, 1.807) is 24.4 Å². The summed E-state index contributed by atoms with van der Waals surface area (Å²) in [6, 6.07) is 7.06. The van der Waals surface area contributed by atoms with E-state index in [4.69, 9.17) is 11.6 Å². The highest BCUT2D eigenvalue weighted by atomic mass is 35.5. The van der Waals surface area contributed by atoms with Crippen LogP contribution in [0.1, 0.15) is 0 Å². The zero-order valence-electron chi connectivity index (χ0n) is 7.25. The molecule has 2 rings (SSSR count). The van der Waals surface area contributed by atoms with Crippen LogP contribution in [-0.2, 0) is 6.54 Å². The van der Waals surface area contributed by atoms with E-state index < -0.39 is 6.43 Å². The minimum atomic E-state index is -2.34. The topological polar surface area (TPSA) is 4.93 Å². The van der Waals surface area contributed by atoms with E-state index >= 15 is 0 Å². The fourth-order valence-corrected chi connectivity index (χ4v) is 1.63. The molecule has 0 radical (unpaired) electrons. The van der Waals surface area contributed by atoms with E-state index in [0.717, 1.165) is 10.9 Å². The normalized spacial score (nSPS) is 11.4. The molecule has 0 aliphatic carbocycles. The number of benzene rings is 1. The monoisotopic (exact) mass is 215 g/mol. The first-order valence-corrected chi connectivity index (χ1v) is 4.57. The Balaban J connectivity index is 2.50. The van der Waals surface area contributed by atoms with Crippen LogP contribution >= 0.6 is 11.6 Å². The smallest absolute Gasteiger partial charge is 0.256 e. The standard InChI is InChI=1S/C10H8ClF2N/c11-8-2-1-7-3-4-14(6-10(12)13)9(7)5-8/h1-5,10H,6H2. The van der Waals surface area contributed by atoms with E-state index in [2.05, 4.69) is 0 Å². The average molecular weight is 216 g/mol. The van der Waals surface area contributed by atoms with Crippen LogP contribution in [0.2, 0.25) is 5.02 Å². The summed E-state index contributed by atoms with van der Waals surface area (Å²) in [7, 11) is 0. The Morgan fingerprint density at radius 2 is 2.07 bits per heavy atom. The van der Waals surface area contributed by atoms with Gasteiger partial charge in [-0.3, -0.25) is 0 Å². The van der Waals surface area contributed by atoms with Gasteiger partial charge in [0.15, 0.2) is 0 Å². The Labute approximate surface area is 84.9 Å². The molecule has 0 aliphatic rings. The quantitative estimate of drug-likeness (QED) is 0.722. The summed E-state index contributed by atoms with van der Waals surface area (Å²) in [5.41, 5.74) is 0.748. The third-order valence-electron chi connectivity index (χ3n) is 2.07. The van der Waals surface area contributed by atoms with Crippen molar-refractivity contribution < 1.29 is 8.78 Å². The van der Waals surface area contributed by atoms with Crippen molar-refractivity contribution in [3.63, 3.8) is 0 Å². The number of aromatic nitrogens is 1. The van der Waals surface area contributed by atoms with Crippen molar-refractivity contribution >= 4 is 22.5 Å². The molecule has 2 aromatic rings. The van der Waals surface area contributed by atoms with Crippen LogP contribution in [-0.4, -0.2) is 11.0 Å². The van der Waals surface area contributed by atoms with Crippen molar-refractivity contribution in [3.05, 3.63) is 35.5 Å². The maximum absolute atomic E-state index is 12.2. The van der Waals surface area contributed by atoms with Crippen LogP contribution in [0.4, 0.5) is 8.78 Å². The second-order valence-electron chi connectivity index (χ2n) is 3.06. The van der Waals surface area contributed by atoms with Gasteiger partial charge in [0.25, 0.3) is 6.43 Å². The van der Waals surface area contributed by atoms with Crippen LogP contribution in [0, 0.1) is 0 Å². The molecule has 0 saturated heterocycles. The summed E-state index contributed by atoms with van der Waals surface area (Å²) in [5, 5.41) is 1.49. The second kappa shape index (κ2) is 3.58. The van der Waals surface area contributed by atoms with Crippen LogP contribution < -0.4 is 0 Å². The largest absolute Gasteiger partial charge is 0.342 e. The Hall–Kier alpha value is -1.09. The average Bonchev–Trinajstić information content (AvgIpc) is 2.47. The number of alkyl halides is 2. The lowest BCUT2D eigenvalue weighted by Crippen LogP contribution is -2.04. The summed E-state index contributed by atoms with van der Waals surface area (Å²) < 4.78 is 25.9. The number of hydrogen-bond donors (Lipinski definition) is 0. The maximum atomic E-state index is 12.2. The van der Waals surface area contributed by atoms with Gasteiger partial charge in [0.2, 0.25) is 0 Å². The molecule has 74 valence electrons. The maximum Gasteiger partial charge on any atom is 0.256 e. The highest BCUT2D eigenvalue weighted by Crippen LogP contribution is 2.21. The SMILES string of the molecule is FC(F)Cn1ccc2ccc(Cl)cc21. The summed E-state index contributed by atoms with van der Waals surface area (Å²) in [6.07, 6.45) is -0.697. The Morgan fingerprint density at radius 1 is 1.29 bits per heavy atom. The Morgan fingerprint density at radius 3 is 2.79 bits per heavy atom. The van der Waals surface area contributed by atoms with Crippen LogP contribution in [0.15, 0.2) is 30.5 Å². The molecule has 1 nitrogen and oxygen atoms in total. The zero-order chi connectivity index (χ0) is 10.1. The first-order valence-electron chi connectivity index (χ1n) is 4.19. The summed E-state index contributed by atoms with van der Waals surface area (Å²) in [6.45, 7) is -0.288. The number of nitrogens with zero attached hydrogens (tertiary/aromatic N) is 1. The zero-order valence-corrected chi connectivity index (χ0v) is 8.01. The molecule has 14 heavy (non-hydrogen) atoms. The molecule has 0 amide bonds. The van der Waals surface area contributed by atoms with Gasteiger partial charge in [-0.2, -0.15) is 0 Å². The molecular formula is C10H8ClF2N. The van der Waals surface area contributed by atoms with Crippen molar-refractivity contribution in [2.45, 2.75) is 13.0 Å². The molecule has 0 aliphatic heterocycles. The lowest BCUT2D eigenvalue weighted by atomic mass is 10.2. The van der Waals surface area contributed by atoms with Crippen LogP contribution in [0.3, 0.4) is 0 Å². The minimum absolute atomic E-state index is 0.288. The lowest BCUT2D eigenvalue weighted by molar-refractivity contribution is 0.128. The third-order valence-corrected chi connectivity index (χ3v) is 2.31. The molecule has 0 N–H and O–H groups in total. The van der Waals surface area contributed by atoms with Gasteiger partial charge in [-0.1, -0.05) is 17.7 Å². The first-order chi connectivity index (χ1) is 6.66. The van der Waals surface area contributed by atoms with Crippen molar-refractivity contribution in [2.24, 2.45) is 0 Å². The van der Waals surface area contributed by atoms with Gasteiger partial charge in [0.05, 0.1) is 6.54 Å². The van der Waals surface area contributed by atoms with Crippen LogP contribution in [0.5, 0.6) is 0 Å². The number of fused-ring (bicyclic) bond motifs is 1. The van der Waals surface area contributed by atoms with Gasteiger partial charge in [-0.05, 0) is 23.6 Å². The summed E-state index contributed by atoms with van der Waals surface area (Å²) >= 11 is 5.78. The van der Waals surface area contributed by atoms with Crippen LogP contribution in [0.25, 0.3) is 10.9 Å². The van der Waals surface area contributed by atoms with Gasteiger partial charge in [0, 0.05) is 16.7 Å². The second-order valence-corrected chi connectivity index (χ2v) is 3.50. The number of halogens is 3. The molecule has 0 saturated carbocycles. The molecule has 0 bridgehead atoms. The molecule has 1 aromatic heterocycles. The van der Waals surface area contributed by atoms with E-state index in [1.807, 2.05) is 6.07 Å². The molecule has 1 aromatic carbocycles. The van der Waals surface area contributed by atoms with Crippen molar-refractivity contribution in [1.82, 2.24) is 4.57 Å². The molecule has 0 fully saturated rings. The predicted molar refractivity (Wildman–Crippen MR) is 53.0 cm³/mol. The van der Waals surface area contributed by atoms with Gasteiger partial charge < -0.3 is 4.57 Å². The lowest BCUT2D eigenvalue weighted by Gasteiger charge is -2.03. The molecule has 1 heterocycles. The number of rotatable bonds is 2. The van der Waals surface area contributed by atoms with Gasteiger partial charge in [0.1, 0.15) is 0 Å². The fraction of sp³-hybridized carbons (Fsp3) is 0.200. The van der Waals surface area contributed by atoms with Gasteiger partial charge >= 0.3 is 0 Å². The molecule has 0 spiro atoms. The number of hydrogen-bond acceptors (Lipinski definition) is 0. The highest BCUT2D eigenvalue weighted by molar-refractivity contribution is 6.31. The summed E-state index contributed by atoms with van der Waals surface area (Å²) in [5.74, 6) is 0. The van der Waals surface area contributed by atoms with E-state index in [9.17, 15) is 8.78 Å². The third kappa shape index (κ3) is 1.73. The molecular weight excluding hydrogens is 208 g/mol. The van der Waals surface area contributed by atoms with Crippen molar-refractivity contribution in [1.29, 1.82) is 0 Å². The van der Waals surface area contributed by atoms with Crippen molar-refractivity contribution in [3.8, 4) is 0 Å². The Bertz CT molecular complexity index is 450. The molecule has 0 unspecified atom stereocenters. The summed E-state index contributed by atoms with van der Waals surface area (Å²) in [4.78, 5) is 0. The predicted octanol–water partition coefficient (Wildman–Crippen LogP) is 3.56. The van der Waals surface area contributed by atoms with Gasteiger partial charge in [-0.25, -0.2) is 8.78 Å². The van der Waals surface area contributed by atoms with E-state index in [-0.39, 0.29) is 6.54 Å². The van der Waals surface area contributed by atoms with Gasteiger partial charge in [-0.15, -0.1) is 0 Å². The highest BCUT2D eigenvalue weighted by Gasteiger charge is 2.07. The van der Waals surface area contributed by atoms with E-state index in [0.29, 0.717) is 5.02 Å². The van der Waals surface area contributed by atoms with Crippen molar-refractivity contribution in [2.75, 3.05) is 0 Å². The minimum Gasteiger partial charge on any atom is -0.342 e. The Kier molecular flexibility index (Phi) is 2.42. The first kappa shape index (κ1) is 9.46. The molecule has 4 heteroatoms. The molecule has 0 atom stereocenters.